The Kier molecular flexibility index (Phi) is 4.83. The topological polar surface area (TPSA) is 49.8 Å². The number of aryl methyl sites for hydroxylation is 1. The van der Waals surface area contributed by atoms with Gasteiger partial charge < -0.3 is 4.52 Å². The minimum absolute atomic E-state index is 0.302. The Bertz CT molecular complexity index is 294. The highest BCUT2D eigenvalue weighted by Gasteiger charge is 2.14. The van der Waals surface area contributed by atoms with Gasteiger partial charge in [-0.1, -0.05) is 32.9 Å². The maximum Gasteiger partial charge on any atom is 0.187 e. The van der Waals surface area contributed by atoms with Crippen molar-refractivity contribution < 1.29 is 4.52 Å². The largest absolute Gasteiger partial charge is 0.360 e. The quantitative estimate of drug-likeness (QED) is 0.667. The zero-order chi connectivity index (χ0) is 10.4. The maximum atomic E-state index is 8.61. The molecule has 0 unspecified atom stereocenters. The van der Waals surface area contributed by atoms with Gasteiger partial charge in [-0.05, 0) is 12.8 Å². The highest BCUT2D eigenvalue weighted by molar-refractivity contribution is 5.34. The number of rotatable bonds is 1. The second-order valence-corrected chi connectivity index (χ2v) is 2.77. The van der Waals surface area contributed by atoms with Gasteiger partial charge in [0.1, 0.15) is 11.8 Å². The van der Waals surface area contributed by atoms with Crippen LogP contribution in [0, 0.1) is 18.3 Å². The van der Waals surface area contributed by atoms with Crippen molar-refractivity contribution in [2.45, 2.75) is 40.5 Å². The van der Waals surface area contributed by atoms with Crippen LogP contribution in [-0.2, 0) is 0 Å². The van der Waals surface area contributed by atoms with E-state index in [9.17, 15) is 0 Å². The fourth-order valence-corrected chi connectivity index (χ4v) is 1.14. The first-order valence-electron chi connectivity index (χ1n) is 4.53. The minimum atomic E-state index is 0.302. The molecular formula is C10H16N2O. The van der Waals surface area contributed by atoms with Crippen LogP contribution >= 0.6 is 0 Å². The van der Waals surface area contributed by atoms with E-state index in [0.29, 0.717) is 11.6 Å². The number of hydrogen-bond acceptors (Lipinski definition) is 3. The number of nitrogens with zero attached hydrogens (tertiary/aromatic N) is 2. The van der Waals surface area contributed by atoms with Gasteiger partial charge in [-0.25, -0.2) is 0 Å². The molecule has 1 aromatic heterocycles. The molecule has 72 valence electrons. The summed E-state index contributed by atoms with van der Waals surface area (Å²) in [6.45, 7) is 9.85. The van der Waals surface area contributed by atoms with E-state index in [1.165, 1.54) is 0 Å². The molecule has 0 N–H and O–H groups in total. The van der Waals surface area contributed by atoms with Crippen LogP contribution in [0.15, 0.2) is 4.52 Å². The normalized spacial score (nSPS) is 9.00. The molecule has 1 heterocycles. The average Bonchev–Trinajstić information content (AvgIpc) is 2.50. The maximum absolute atomic E-state index is 8.61. The highest BCUT2D eigenvalue weighted by Crippen LogP contribution is 2.21. The Labute approximate surface area is 79.3 Å². The van der Waals surface area contributed by atoms with Crippen LogP contribution in [0.25, 0.3) is 0 Å². The van der Waals surface area contributed by atoms with E-state index >= 15 is 0 Å². The van der Waals surface area contributed by atoms with E-state index in [1.54, 1.807) is 0 Å². The summed E-state index contributed by atoms with van der Waals surface area (Å²) in [7, 11) is 0. The molecule has 0 atom stereocenters. The lowest BCUT2D eigenvalue weighted by Gasteiger charge is -1.99. The monoisotopic (exact) mass is 180 g/mol. The summed E-state index contributed by atoms with van der Waals surface area (Å²) in [5.41, 5.74) is 1.34. The molecule has 0 aliphatic heterocycles. The molecule has 0 amide bonds. The molecule has 1 aromatic rings. The van der Waals surface area contributed by atoms with Gasteiger partial charge in [0.15, 0.2) is 5.69 Å². The summed E-state index contributed by atoms with van der Waals surface area (Å²) in [5.74, 6) is 1.05. The zero-order valence-electron chi connectivity index (χ0n) is 8.88. The second-order valence-electron chi connectivity index (χ2n) is 2.77. The van der Waals surface area contributed by atoms with Crippen LogP contribution in [0.1, 0.15) is 50.6 Å². The molecule has 1 rings (SSSR count). The summed E-state index contributed by atoms with van der Waals surface area (Å²) in [6, 6.07) is 1.99. The van der Waals surface area contributed by atoms with E-state index < -0.39 is 0 Å². The van der Waals surface area contributed by atoms with Gasteiger partial charge in [0.05, 0.1) is 0 Å². The fourth-order valence-electron chi connectivity index (χ4n) is 1.14. The molecule has 13 heavy (non-hydrogen) atoms. The van der Waals surface area contributed by atoms with Crippen LogP contribution in [0.5, 0.6) is 0 Å². The van der Waals surface area contributed by atoms with Crippen molar-refractivity contribution in [3.05, 3.63) is 17.0 Å². The van der Waals surface area contributed by atoms with Crippen LogP contribution in [0.4, 0.5) is 0 Å². The summed E-state index contributed by atoms with van der Waals surface area (Å²) >= 11 is 0. The van der Waals surface area contributed by atoms with E-state index in [-0.39, 0.29) is 0 Å². The number of hydrogen-bond donors (Lipinski definition) is 0. The average molecular weight is 180 g/mol. The lowest BCUT2D eigenvalue weighted by Crippen LogP contribution is -1.90. The number of nitriles is 1. The van der Waals surface area contributed by atoms with Gasteiger partial charge >= 0.3 is 0 Å². The lowest BCUT2D eigenvalue weighted by atomic mass is 10.0. The Balaban J connectivity index is 0.000000671. The van der Waals surface area contributed by atoms with Crippen LogP contribution in [0.3, 0.4) is 0 Å². The fraction of sp³-hybridized carbons (Fsp3) is 0.600. The van der Waals surface area contributed by atoms with E-state index in [1.807, 2.05) is 40.7 Å². The third-order valence-corrected chi connectivity index (χ3v) is 1.59. The Hall–Kier alpha value is -1.30. The van der Waals surface area contributed by atoms with Crippen molar-refractivity contribution in [2.24, 2.45) is 0 Å². The molecule has 0 radical (unpaired) electrons. The zero-order valence-corrected chi connectivity index (χ0v) is 8.88. The SMILES string of the molecule is CC.Cc1onc(C#N)c1C(C)C. The van der Waals surface area contributed by atoms with Crippen LogP contribution in [-0.4, -0.2) is 5.16 Å². The summed E-state index contributed by atoms with van der Waals surface area (Å²) < 4.78 is 4.88. The van der Waals surface area contributed by atoms with Gasteiger partial charge in [0.2, 0.25) is 0 Å². The van der Waals surface area contributed by atoms with Gasteiger partial charge in [-0.3, -0.25) is 0 Å². The van der Waals surface area contributed by atoms with E-state index in [4.69, 9.17) is 9.78 Å². The van der Waals surface area contributed by atoms with E-state index in [2.05, 4.69) is 5.16 Å². The van der Waals surface area contributed by atoms with Crippen molar-refractivity contribution in [1.29, 1.82) is 5.26 Å². The third-order valence-electron chi connectivity index (χ3n) is 1.59. The van der Waals surface area contributed by atoms with Gasteiger partial charge in [0, 0.05) is 5.56 Å². The van der Waals surface area contributed by atoms with Crippen molar-refractivity contribution >= 4 is 0 Å². The van der Waals surface area contributed by atoms with Crippen molar-refractivity contribution in [3.8, 4) is 6.07 Å². The lowest BCUT2D eigenvalue weighted by molar-refractivity contribution is 0.394. The molecule has 3 nitrogen and oxygen atoms in total. The molecule has 0 aliphatic rings. The Morgan fingerprint density at radius 1 is 1.38 bits per heavy atom. The van der Waals surface area contributed by atoms with Gasteiger partial charge in [0.25, 0.3) is 0 Å². The second kappa shape index (κ2) is 5.36. The molecule has 0 saturated heterocycles. The third kappa shape index (κ3) is 2.59. The Morgan fingerprint density at radius 3 is 2.23 bits per heavy atom. The molecular weight excluding hydrogens is 164 g/mol. The molecule has 0 saturated carbocycles. The highest BCUT2D eigenvalue weighted by atomic mass is 16.5. The van der Waals surface area contributed by atoms with Crippen LogP contribution < -0.4 is 0 Å². The molecule has 3 heteroatoms. The first-order chi connectivity index (χ1) is 6.16. The molecule has 0 bridgehead atoms. The Morgan fingerprint density at radius 2 is 1.92 bits per heavy atom. The molecule has 0 aromatic carbocycles. The van der Waals surface area contributed by atoms with E-state index in [0.717, 1.165) is 11.3 Å². The van der Waals surface area contributed by atoms with Gasteiger partial charge in [-0.15, -0.1) is 0 Å². The first-order valence-corrected chi connectivity index (χ1v) is 4.53. The molecule has 0 spiro atoms. The van der Waals surface area contributed by atoms with Crippen molar-refractivity contribution in [1.82, 2.24) is 5.16 Å². The molecule has 0 aliphatic carbocycles. The summed E-state index contributed by atoms with van der Waals surface area (Å²) in [4.78, 5) is 0. The molecule has 0 fully saturated rings. The van der Waals surface area contributed by atoms with Crippen LogP contribution in [0.2, 0.25) is 0 Å². The number of aromatic nitrogens is 1. The first kappa shape index (κ1) is 11.7. The van der Waals surface area contributed by atoms with Crippen molar-refractivity contribution in [2.75, 3.05) is 0 Å². The predicted octanol–water partition coefficient (Wildman–Crippen LogP) is 3.00. The predicted molar refractivity (Wildman–Crippen MR) is 51.4 cm³/mol. The standard InChI is InChI=1S/C8H10N2O.C2H6/c1-5(2)8-6(3)11-10-7(8)4-9;1-2/h5H,1-3H3;1-2H3. The smallest absolute Gasteiger partial charge is 0.187 e. The summed E-state index contributed by atoms with van der Waals surface area (Å²) in [5, 5.41) is 12.2. The van der Waals surface area contributed by atoms with Gasteiger partial charge in [-0.2, -0.15) is 5.26 Å². The summed E-state index contributed by atoms with van der Waals surface area (Å²) in [6.07, 6.45) is 0. The van der Waals surface area contributed by atoms with Crippen molar-refractivity contribution in [3.63, 3.8) is 0 Å². The minimum Gasteiger partial charge on any atom is -0.360 e.